The van der Waals surface area contributed by atoms with Gasteiger partial charge in [-0.2, -0.15) is 13.2 Å². The number of benzene rings is 1. The van der Waals surface area contributed by atoms with Crippen LogP contribution in [0.15, 0.2) is 24.3 Å². The molecule has 1 aromatic carbocycles. The van der Waals surface area contributed by atoms with E-state index in [1.807, 2.05) is 0 Å². The molecule has 2 N–H and O–H groups in total. The maximum absolute atomic E-state index is 12.0. The van der Waals surface area contributed by atoms with Crippen molar-refractivity contribution in [1.29, 1.82) is 0 Å². The second-order valence-corrected chi connectivity index (χ2v) is 4.34. The van der Waals surface area contributed by atoms with Gasteiger partial charge in [0.05, 0.1) is 6.42 Å². The van der Waals surface area contributed by atoms with Crippen LogP contribution in [0, 0.1) is 11.8 Å². The number of aromatic amines is 1. The molecule has 0 aliphatic heterocycles. The molecule has 120 valence electrons. The van der Waals surface area contributed by atoms with E-state index in [0.29, 0.717) is 11.3 Å². The number of carboxylic acid groups (broad SMARTS) is 1. The van der Waals surface area contributed by atoms with Crippen LogP contribution in [-0.4, -0.2) is 32.7 Å². The predicted molar refractivity (Wildman–Crippen MR) is 72.0 cm³/mol. The first-order valence-electron chi connectivity index (χ1n) is 6.33. The minimum Gasteiger partial charge on any atom is -0.476 e. The number of nitrogens with zero attached hydrogens (tertiary/aromatic N) is 2. The van der Waals surface area contributed by atoms with Crippen LogP contribution in [0.3, 0.4) is 0 Å². The summed E-state index contributed by atoms with van der Waals surface area (Å²) < 4.78 is 41.2. The predicted octanol–water partition coefficient (Wildman–Crippen LogP) is 2.99. The number of H-pyrrole nitrogens is 1. The monoisotopic (exact) mass is 325 g/mol. The fraction of sp³-hybridized carbons (Fsp3) is 0.214. The molecular formula is C14H10F3N3O3. The maximum Gasteiger partial charge on any atom is 0.390 e. The molecule has 2 rings (SSSR count). The molecule has 0 saturated carbocycles. The van der Waals surface area contributed by atoms with Crippen molar-refractivity contribution in [3.63, 3.8) is 0 Å². The van der Waals surface area contributed by atoms with E-state index in [1.54, 1.807) is 12.1 Å². The molecule has 0 amide bonds. The molecule has 0 atom stereocenters. The molecule has 0 radical (unpaired) electrons. The Morgan fingerprint density at radius 1 is 1.30 bits per heavy atom. The van der Waals surface area contributed by atoms with E-state index in [9.17, 15) is 18.0 Å². The topological polar surface area (TPSA) is 88.1 Å². The van der Waals surface area contributed by atoms with Crippen molar-refractivity contribution in [2.24, 2.45) is 0 Å². The minimum atomic E-state index is -4.22. The third-order valence-electron chi connectivity index (χ3n) is 2.56. The van der Waals surface area contributed by atoms with E-state index in [-0.39, 0.29) is 18.0 Å². The van der Waals surface area contributed by atoms with Gasteiger partial charge in [-0.15, -0.1) is 5.10 Å². The normalized spacial score (nSPS) is 10.7. The summed E-state index contributed by atoms with van der Waals surface area (Å²) in [5.41, 5.74) is 0.154. The summed E-state index contributed by atoms with van der Waals surface area (Å²) in [6.07, 6.45) is -5.44. The molecule has 0 spiro atoms. The first-order chi connectivity index (χ1) is 10.8. The zero-order valence-corrected chi connectivity index (χ0v) is 11.5. The molecule has 9 heteroatoms. The van der Waals surface area contributed by atoms with E-state index in [4.69, 9.17) is 9.84 Å². The lowest BCUT2D eigenvalue weighted by molar-refractivity contribution is -0.133. The molecule has 0 unspecified atom stereocenters. The van der Waals surface area contributed by atoms with Gasteiger partial charge in [0, 0.05) is 12.0 Å². The Bertz CT molecular complexity index is 742. The largest absolute Gasteiger partial charge is 0.476 e. The van der Waals surface area contributed by atoms with E-state index in [2.05, 4.69) is 27.3 Å². The molecule has 0 fully saturated rings. The number of aromatic carboxylic acids is 1. The summed E-state index contributed by atoms with van der Waals surface area (Å²) in [6, 6.07) is 6.08. The van der Waals surface area contributed by atoms with Crippen molar-refractivity contribution >= 4 is 5.97 Å². The van der Waals surface area contributed by atoms with Gasteiger partial charge in [0.25, 0.3) is 5.88 Å². The number of aromatic nitrogens is 3. The Hall–Kier alpha value is -3.02. The van der Waals surface area contributed by atoms with Gasteiger partial charge in [0.15, 0.2) is 0 Å². The first kappa shape index (κ1) is 16.4. The second-order valence-electron chi connectivity index (χ2n) is 4.34. The zero-order chi connectivity index (χ0) is 16.9. The standard InChI is InChI=1S/C14H10F3N3O3/c15-14(16,17)8-2-1-3-9-4-6-10(7-5-9)23-12-11(13(21)22)18-20-19-12/h4-7H,2,8H2,(H,21,22)(H,18,19,20). The smallest absolute Gasteiger partial charge is 0.390 e. The first-order valence-corrected chi connectivity index (χ1v) is 6.33. The molecule has 6 nitrogen and oxygen atoms in total. The number of hydrogen-bond donors (Lipinski definition) is 2. The van der Waals surface area contributed by atoms with Crippen LogP contribution >= 0.6 is 0 Å². The lowest BCUT2D eigenvalue weighted by atomic mass is 10.2. The Balaban J connectivity index is 1.98. The summed E-state index contributed by atoms with van der Waals surface area (Å²) in [6.45, 7) is 0. The molecule has 0 saturated heterocycles. The van der Waals surface area contributed by atoms with Crippen LogP contribution in [-0.2, 0) is 0 Å². The third kappa shape index (κ3) is 5.03. The second kappa shape index (κ2) is 6.83. The Kier molecular flexibility index (Phi) is 4.85. The van der Waals surface area contributed by atoms with Crippen LogP contribution in [0.4, 0.5) is 13.2 Å². The van der Waals surface area contributed by atoms with E-state index < -0.39 is 18.6 Å². The number of rotatable bonds is 4. The molecule has 0 bridgehead atoms. The molecule has 0 aliphatic carbocycles. The molecular weight excluding hydrogens is 315 g/mol. The number of carboxylic acids is 1. The highest BCUT2D eigenvalue weighted by molar-refractivity contribution is 5.87. The molecule has 23 heavy (non-hydrogen) atoms. The minimum absolute atomic E-state index is 0.124. The van der Waals surface area contributed by atoms with Crippen molar-refractivity contribution in [2.75, 3.05) is 0 Å². The number of hydrogen-bond acceptors (Lipinski definition) is 4. The fourth-order valence-electron chi connectivity index (χ4n) is 1.52. The fourth-order valence-corrected chi connectivity index (χ4v) is 1.52. The van der Waals surface area contributed by atoms with E-state index in [1.165, 1.54) is 12.1 Å². The summed E-state index contributed by atoms with van der Waals surface area (Å²) in [4.78, 5) is 10.8. The molecule has 2 aromatic rings. The van der Waals surface area contributed by atoms with E-state index >= 15 is 0 Å². The quantitative estimate of drug-likeness (QED) is 0.844. The SMILES string of the molecule is O=C(O)c1nn[nH]c1Oc1ccc(C#CCCC(F)(F)F)cc1. The zero-order valence-electron chi connectivity index (χ0n) is 11.5. The van der Waals surface area contributed by atoms with Gasteiger partial charge in [0.1, 0.15) is 5.75 Å². The van der Waals surface area contributed by atoms with Gasteiger partial charge < -0.3 is 9.84 Å². The number of alkyl halides is 3. The van der Waals surface area contributed by atoms with Gasteiger partial charge in [-0.05, 0) is 24.3 Å². The van der Waals surface area contributed by atoms with Crippen molar-refractivity contribution in [3.8, 4) is 23.5 Å². The van der Waals surface area contributed by atoms with Crippen molar-refractivity contribution in [3.05, 3.63) is 35.5 Å². The van der Waals surface area contributed by atoms with Gasteiger partial charge in [-0.25, -0.2) is 9.89 Å². The molecule has 1 heterocycles. The third-order valence-corrected chi connectivity index (χ3v) is 2.56. The van der Waals surface area contributed by atoms with Gasteiger partial charge >= 0.3 is 12.1 Å². The number of halogens is 3. The Morgan fingerprint density at radius 3 is 2.61 bits per heavy atom. The molecule has 0 aliphatic rings. The highest BCUT2D eigenvalue weighted by Gasteiger charge is 2.25. The summed E-state index contributed by atoms with van der Waals surface area (Å²) in [5, 5.41) is 17.8. The summed E-state index contributed by atoms with van der Waals surface area (Å²) >= 11 is 0. The van der Waals surface area contributed by atoms with Crippen LogP contribution in [0.25, 0.3) is 0 Å². The average molecular weight is 325 g/mol. The van der Waals surface area contributed by atoms with Gasteiger partial charge in [-0.1, -0.05) is 17.1 Å². The molecule has 1 aromatic heterocycles. The summed E-state index contributed by atoms with van der Waals surface area (Å²) in [5.74, 6) is 3.92. The average Bonchev–Trinajstić information content (AvgIpc) is 2.93. The number of carbonyl (C=O) groups is 1. The van der Waals surface area contributed by atoms with Crippen LogP contribution in [0.2, 0.25) is 0 Å². The number of nitrogens with one attached hydrogen (secondary N) is 1. The van der Waals surface area contributed by atoms with E-state index in [0.717, 1.165) is 0 Å². The van der Waals surface area contributed by atoms with Gasteiger partial charge in [-0.3, -0.25) is 0 Å². The van der Waals surface area contributed by atoms with Gasteiger partial charge in [0.2, 0.25) is 5.69 Å². The Morgan fingerprint density at radius 2 is 2.00 bits per heavy atom. The lowest BCUT2D eigenvalue weighted by Crippen LogP contribution is -2.05. The van der Waals surface area contributed by atoms with Crippen molar-refractivity contribution in [1.82, 2.24) is 15.4 Å². The van der Waals surface area contributed by atoms with Crippen molar-refractivity contribution < 1.29 is 27.8 Å². The highest BCUT2D eigenvalue weighted by atomic mass is 19.4. The van der Waals surface area contributed by atoms with Crippen LogP contribution in [0.5, 0.6) is 11.6 Å². The Labute approximate surface area is 128 Å². The lowest BCUT2D eigenvalue weighted by Gasteiger charge is -2.03. The highest BCUT2D eigenvalue weighted by Crippen LogP contribution is 2.22. The number of ether oxygens (including phenoxy) is 1. The maximum atomic E-state index is 12.0. The summed E-state index contributed by atoms with van der Waals surface area (Å²) in [7, 11) is 0. The van der Waals surface area contributed by atoms with Crippen molar-refractivity contribution in [2.45, 2.75) is 19.0 Å². The van der Waals surface area contributed by atoms with Crippen LogP contribution in [0.1, 0.15) is 28.9 Å². The van der Waals surface area contributed by atoms with Crippen LogP contribution < -0.4 is 4.74 Å².